The van der Waals surface area contributed by atoms with Gasteiger partial charge in [-0.1, -0.05) is 0 Å². The SMILES string of the molecule is CN1CCCC(O)(Cc2ccsc2)CC1. The predicted octanol–water partition coefficient (Wildman–Crippen LogP) is 2.14. The van der Waals surface area contributed by atoms with Gasteiger partial charge >= 0.3 is 0 Å². The van der Waals surface area contributed by atoms with Gasteiger partial charge in [0.05, 0.1) is 5.60 Å². The van der Waals surface area contributed by atoms with E-state index < -0.39 is 5.60 Å². The summed E-state index contributed by atoms with van der Waals surface area (Å²) in [6.07, 6.45) is 3.77. The highest BCUT2D eigenvalue weighted by molar-refractivity contribution is 7.07. The standard InChI is InChI=1S/C12H19NOS/c1-13-6-2-4-12(14,5-7-13)9-11-3-8-15-10-11/h3,8,10,14H,2,4-7,9H2,1H3. The lowest BCUT2D eigenvalue weighted by atomic mass is 9.89. The Hall–Kier alpha value is -0.380. The van der Waals surface area contributed by atoms with Crippen molar-refractivity contribution in [3.63, 3.8) is 0 Å². The minimum Gasteiger partial charge on any atom is -0.389 e. The van der Waals surface area contributed by atoms with E-state index in [0.29, 0.717) is 0 Å². The average Bonchev–Trinajstić information content (AvgIpc) is 2.61. The average molecular weight is 225 g/mol. The third kappa shape index (κ3) is 3.03. The molecule has 2 heterocycles. The highest BCUT2D eigenvalue weighted by Crippen LogP contribution is 2.26. The van der Waals surface area contributed by atoms with Crippen LogP contribution in [-0.4, -0.2) is 35.7 Å². The second kappa shape index (κ2) is 4.64. The fraction of sp³-hybridized carbons (Fsp3) is 0.667. The second-order valence-corrected chi connectivity index (χ2v) is 5.47. The van der Waals surface area contributed by atoms with Gasteiger partial charge in [-0.2, -0.15) is 11.3 Å². The number of rotatable bonds is 2. The molecule has 0 aliphatic carbocycles. The van der Waals surface area contributed by atoms with Crippen LogP contribution in [0, 0.1) is 0 Å². The van der Waals surface area contributed by atoms with Gasteiger partial charge in [-0.25, -0.2) is 0 Å². The molecule has 1 N–H and O–H groups in total. The summed E-state index contributed by atoms with van der Waals surface area (Å²) in [6.45, 7) is 2.13. The van der Waals surface area contributed by atoms with Gasteiger partial charge in [-0.15, -0.1) is 0 Å². The number of aliphatic hydroxyl groups is 1. The molecule has 1 saturated heterocycles. The summed E-state index contributed by atoms with van der Waals surface area (Å²) in [5, 5.41) is 14.7. The lowest BCUT2D eigenvalue weighted by Crippen LogP contribution is -2.32. The van der Waals surface area contributed by atoms with Gasteiger partial charge in [0.1, 0.15) is 0 Å². The predicted molar refractivity (Wildman–Crippen MR) is 64.3 cm³/mol. The molecule has 0 aromatic carbocycles. The summed E-state index contributed by atoms with van der Waals surface area (Å²) in [7, 11) is 2.14. The number of thiophene rings is 1. The van der Waals surface area contributed by atoms with E-state index in [9.17, 15) is 5.11 Å². The Balaban J connectivity index is 1.99. The van der Waals surface area contributed by atoms with Gasteiger partial charge in [0.25, 0.3) is 0 Å². The van der Waals surface area contributed by atoms with Gasteiger partial charge < -0.3 is 10.0 Å². The van der Waals surface area contributed by atoms with Crippen molar-refractivity contribution in [2.24, 2.45) is 0 Å². The number of hydrogen-bond acceptors (Lipinski definition) is 3. The first-order chi connectivity index (χ1) is 7.18. The Bertz CT molecular complexity index is 299. The molecule has 1 unspecified atom stereocenters. The zero-order valence-electron chi connectivity index (χ0n) is 9.28. The minimum atomic E-state index is -0.466. The lowest BCUT2D eigenvalue weighted by molar-refractivity contribution is 0.0264. The summed E-state index contributed by atoms with van der Waals surface area (Å²) < 4.78 is 0. The first kappa shape index (κ1) is 11.1. The molecule has 1 aliphatic rings. The van der Waals surface area contributed by atoms with Crippen molar-refractivity contribution < 1.29 is 5.11 Å². The Morgan fingerprint density at radius 3 is 3.07 bits per heavy atom. The summed E-state index contributed by atoms with van der Waals surface area (Å²) in [6, 6.07) is 2.12. The molecule has 1 aromatic rings. The molecule has 3 heteroatoms. The second-order valence-electron chi connectivity index (χ2n) is 4.69. The molecular weight excluding hydrogens is 206 g/mol. The minimum absolute atomic E-state index is 0.466. The molecule has 15 heavy (non-hydrogen) atoms. The van der Waals surface area contributed by atoms with Crippen LogP contribution in [0.4, 0.5) is 0 Å². The molecule has 1 fully saturated rings. The van der Waals surface area contributed by atoms with Crippen molar-refractivity contribution in [3.05, 3.63) is 22.4 Å². The van der Waals surface area contributed by atoms with Gasteiger partial charge in [-0.3, -0.25) is 0 Å². The topological polar surface area (TPSA) is 23.5 Å². The van der Waals surface area contributed by atoms with E-state index >= 15 is 0 Å². The molecule has 1 aromatic heterocycles. The van der Waals surface area contributed by atoms with E-state index in [-0.39, 0.29) is 0 Å². The third-order valence-electron chi connectivity index (χ3n) is 3.25. The highest BCUT2D eigenvalue weighted by Gasteiger charge is 2.29. The van der Waals surface area contributed by atoms with Crippen LogP contribution in [0.2, 0.25) is 0 Å². The molecule has 1 atom stereocenters. The van der Waals surface area contributed by atoms with E-state index in [0.717, 1.165) is 38.8 Å². The maximum absolute atomic E-state index is 10.5. The quantitative estimate of drug-likeness (QED) is 0.833. The molecule has 0 bridgehead atoms. The van der Waals surface area contributed by atoms with Crippen LogP contribution in [0.25, 0.3) is 0 Å². The lowest BCUT2D eigenvalue weighted by Gasteiger charge is -2.26. The first-order valence-corrected chi connectivity index (χ1v) is 6.54. The summed E-state index contributed by atoms with van der Waals surface area (Å²) in [5.74, 6) is 0. The number of hydrogen-bond donors (Lipinski definition) is 1. The van der Waals surface area contributed by atoms with Gasteiger partial charge in [0, 0.05) is 13.0 Å². The number of likely N-dealkylation sites (tertiary alicyclic amines) is 1. The Morgan fingerprint density at radius 2 is 2.33 bits per heavy atom. The van der Waals surface area contributed by atoms with Gasteiger partial charge in [-0.05, 0) is 55.2 Å². The normalized spacial score (nSPS) is 28.9. The van der Waals surface area contributed by atoms with Crippen molar-refractivity contribution in [1.29, 1.82) is 0 Å². The third-order valence-corrected chi connectivity index (χ3v) is 3.99. The van der Waals surface area contributed by atoms with E-state index in [2.05, 4.69) is 28.8 Å². The molecule has 84 valence electrons. The van der Waals surface area contributed by atoms with Crippen molar-refractivity contribution in [2.75, 3.05) is 20.1 Å². The Labute approximate surface area is 95.5 Å². The monoisotopic (exact) mass is 225 g/mol. The van der Waals surface area contributed by atoms with Crippen LogP contribution >= 0.6 is 11.3 Å². The molecule has 0 amide bonds. The first-order valence-electron chi connectivity index (χ1n) is 5.60. The van der Waals surface area contributed by atoms with Crippen molar-refractivity contribution in [1.82, 2.24) is 4.90 Å². The van der Waals surface area contributed by atoms with Gasteiger partial charge in [0.15, 0.2) is 0 Å². The highest BCUT2D eigenvalue weighted by atomic mass is 32.1. The number of nitrogens with zero attached hydrogens (tertiary/aromatic N) is 1. The van der Waals surface area contributed by atoms with Crippen molar-refractivity contribution >= 4 is 11.3 Å². The Morgan fingerprint density at radius 1 is 1.47 bits per heavy atom. The van der Waals surface area contributed by atoms with Crippen LogP contribution < -0.4 is 0 Å². The van der Waals surface area contributed by atoms with Gasteiger partial charge in [0.2, 0.25) is 0 Å². The smallest absolute Gasteiger partial charge is 0.0700 e. The molecule has 0 spiro atoms. The van der Waals surface area contributed by atoms with Crippen LogP contribution in [0.1, 0.15) is 24.8 Å². The molecule has 0 saturated carbocycles. The Kier molecular flexibility index (Phi) is 3.44. The maximum Gasteiger partial charge on any atom is 0.0700 e. The fourth-order valence-corrected chi connectivity index (χ4v) is 2.93. The molecule has 0 radical (unpaired) electrons. The summed E-state index contributed by atoms with van der Waals surface area (Å²) >= 11 is 1.71. The van der Waals surface area contributed by atoms with E-state index in [1.54, 1.807) is 11.3 Å². The van der Waals surface area contributed by atoms with Crippen LogP contribution in [0.3, 0.4) is 0 Å². The van der Waals surface area contributed by atoms with E-state index in [4.69, 9.17) is 0 Å². The summed E-state index contributed by atoms with van der Waals surface area (Å²) in [4.78, 5) is 2.31. The van der Waals surface area contributed by atoms with Crippen LogP contribution in [-0.2, 0) is 6.42 Å². The van der Waals surface area contributed by atoms with Crippen molar-refractivity contribution in [2.45, 2.75) is 31.3 Å². The summed E-state index contributed by atoms with van der Waals surface area (Å²) in [5.41, 5.74) is 0.818. The van der Waals surface area contributed by atoms with Crippen molar-refractivity contribution in [3.8, 4) is 0 Å². The molecule has 2 rings (SSSR count). The zero-order chi connectivity index (χ0) is 10.7. The fourth-order valence-electron chi connectivity index (χ4n) is 2.26. The largest absolute Gasteiger partial charge is 0.389 e. The van der Waals surface area contributed by atoms with Crippen LogP contribution in [0.15, 0.2) is 16.8 Å². The van der Waals surface area contributed by atoms with Crippen LogP contribution in [0.5, 0.6) is 0 Å². The molecule has 2 nitrogen and oxygen atoms in total. The van der Waals surface area contributed by atoms with E-state index in [1.807, 2.05) is 0 Å². The molecular formula is C12H19NOS. The van der Waals surface area contributed by atoms with E-state index in [1.165, 1.54) is 5.56 Å². The molecule has 1 aliphatic heterocycles. The maximum atomic E-state index is 10.5. The zero-order valence-corrected chi connectivity index (χ0v) is 10.1.